The van der Waals surface area contributed by atoms with Crippen molar-refractivity contribution in [2.45, 2.75) is 9.24 Å². The first-order chi connectivity index (χ1) is 9.88. The number of anilines is 2. The van der Waals surface area contributed by atoms with Crippen LogP contribution in [0.15, 0.2) is 27.4 Å². The third-order valence-corrected chi connectivity index (χ3v) is 4.82. The number of hydrogen-bond acceptors (Lipinski definition) is 7. The average Bonchev–Trinajstić information content (AvgIpc) is 2.87. The molecule has 1 heterocycles. The van der Waals surface area contributed by atoms with Gasteiger partial charge in [-0.2, -0.15) is 0 Å². The molecule has 0 bridgehead atoms. The zero-order valence-corrected chi connectivity index (χ0v) is 14.0. The van der Waals surface area contributed by atoms with E-state index in [0.29, 0.717) is 11.3 Å². The molecule has 2 aromatic rings. The van der Waals surface area contributed by atoms with Gasteiger partial charge in [0.2, 0.25) is 5.13 Å². The van der Waals surface area contributed by atoms with Gasteiger partial charge in [-0.15, -0.1) is 10.2 Å². The average molecular weight is 323 g/mol. The fourth-order valence-electron chi connectivity index (χ4n) is 1.56. The Morgan fingerprint density at radius 3 is 2.52 bits per heavy atom. The number of rotatable bonds is 4. The Balaban J connectivity index is 2.33. The molecule has 1 amide bonds. The quantitative estimate of drug-likeness (QED) is 0.868. The number of benzene rings is 1. The Kier molecular flexibility index (Phi) is 4.69. The van der Waals surface area contributed by atoms with Gasteiger partial charge in [0, 0.05) is 38.8 Å². The molecule has 112 valence electrons. The summed E-state index contributed by atoms with van der Waals surface area (Å²) in [6.45, 7) is 0. The predicted octanol–water partition coefficient (Wildman–Crippen LogP) is 2.04. The Labute approximate surface area is 132 Å². The van der Waals surface area contributed by atoms with Crippen molar-refractivity contribution in [3.8, 4) is 0 Å². The zero-order valence-electron chi connectivity index (χ0n) is 12.3. The maximum atomic E-state index is 12.2. The molecule has 0 radical (unpaired) electrons. The van der Waals surface area contributed by atoms with Gasteiger partial charge in [0.1, 0.15) is 0 Å². The molecule has 0 atom stereocenters. The Hall–Kier alpha value is -1.80. The summed E-state index contributed by atoms with van der Waals surface area (Å²) in [6, 6.07) is 5.26. The number of carbonyl (C=O) groups is 1. The van der Waals surface area contributed by atoms with Crippen molar-refractivity contribution in [1.29, 1.82) is 0 Å². The molecule has 0 aliphatic heterocycles. The molecule has 2 N–H and O–H groups in total. The third-order valence-electron chi connectivity index (χ3n) is 2.62. The van der Waals surface area contributed by atoms with Crippen LogP contribution in [0.4, 0.5) is 10.8 Å². The van der Waals surface area contributed by atoms with E-state index >= 15 is 0 Å². The van der Waals surface area contributed by atoms with E-state index in [-0.39, 0.29) is 5.91 Å². The third kappa shape index (κ3) is 3.64. The van der Waals surface area contributed by atoms with Gasteiger partial charge in [-0.3, -0.25) is 4.79 Å². The lowest BCUT2D eigenvalue weighted by Crippen LogP contribution is -2.22. The van der Waals surface area contributed by atoms with E-state index in [1.54, 1.807) is 37.2 Å². The van der Waals surface area contributed by atoms with Crippen LogP contribution in [0.5, 0.6) is 0 Å². The normalized spacial score (nSPS) is 10.5. The highest BCUT2D eigenvalue weighted by Gasteiger charge is 2.16. The molecule has 0 unspecified atom stereocenters. The minimum absolute atomic E-state index is 0.0603. The molecule has 0 saturated heterocycles. The van der Waals surface area contributed by atoms with Crippen LogP contribution < -0.4 is 10.6 Å². The first-order valence-corrected chi connectivity index (χ1v) is 7.81. The Morgan fingerprint density at radius 1 is 1.24 bits per heavy atom. The zero-order chi connectivity index (χ0) is 15.6. The number of hydrogen-bond donors (Lipinski definition) is 1. The summed E-state index contributed by atoms with van der Waals surface area (Å²) in [6.07, 6.45) is 0. The van der Waals surface area contributed by atoms with E-state index < -0.39 is 0 Å². The molecule has 0 saturated carbocycles. The lowest BCUT2D eigenvalue weighted by molar-refractivity contribution is 0.0824. The fourth-order valence-corrected chi connectivity index (χ4v) is 3.45. The van der Waals surface area contributed by atoms with Crippen molar-refractivity contribution in [2.24, 2.45) is 0 Å². The summed E-state index contributed by atoms with van der Waals surface area (Å²) >= 11 is 2.87. The number of nitrogens with zero attached hydrogens (tertiary/aromatic N) is 4. The molecule has 1 aromatic heterocycles. The van der Waals surface area contributed by atoms with Crippen molar-refractivity contribution in [3.05, 3.63) is 23.8 Å². The highest BCUT2D eigenvalue weighted by Crippen LogP contribution is 2.35. The lowest BCUT2D eigenvalue weighted by Gasteiger charge is -2.13. The number of amides is 1. The van der Waals surface area contributed by atoms with Crippen LogP contribution in [0.25, 0.3) is 0 Å². The monoisotopic (exact) mass is 323 g/mol. The summed E-state index contributed by atoms with van der Waals surface area (Å²) < 4.78 is 0.775. The van der Waals surface area contributed by atoms with Gasteiger partial charge < -0.3 is 15.5 Å². The molecular weight excluding hydrogens is 306 g/mol. The van der Waals surface area contributed by atoms with Gasteiger partial charge in [-0.05, 0) is 18.2 Å². The summed E-state index contributed by atoms with van der Waals surface area (Å²) in [4.78, 5) is 16.4. The molecule has 21 heavy (non-hydrogen) atoms. The van der Waals surface area contributed by atoms with Gasteiger partial charge >= 0.3 is 0 Å². The standard InChI is InChI=1S/C13H17N5OS2/c1-17(2)11(19)9-6-5-8(14)7-10(9)20-13-16-15-12(21-13)18(3)4/h5-7H,14H2,1-4H3. The van der Waals surface area contributed by atoms with E-state index in [1.165, 1.54) is 23.1 Å². The number of aromatic nitrogens is 2. The highest BCUT2D eigenvalue weighted by molar-refractivity contribution is 8.01. The summed E-state index contributed by atoms with van der Waals surface area (Å²) in [7, 11) is 7.28. The van der Waals surface area contributed by atoms with E-state index in [0.717, 1.165) is 14.4 Å². The maximum absolute atomic E-state index is 12.2. The molecule has 0 aliphatic carbocycles. The molecule has 6 nitrogen and oxygen atoms in total. The summed E-state index contributed by atoms with van der Waals surface area (Å²) in [5.41, 5.74) is 7.06. The van der Waals surface area contributed by atoms with Crippen molar-refractivity contribution in [3.63, 3.8) is 0 Å². The van der Waals surface area contributed by atoms with Gasteiger partial charge in [0.05, 0.1) is 5.56 Å². The minimum Gasteiger partial charge on any atom is -0.399 e. The largest absolute Gasteiger partial charge is 0.399 e. The second kappa shape index (κ2) is 6.31. The molecule has 1 aromatic carbocycles. The number of nitrogen functional groups attached to an aromatic ring is 1. The van der Waals surface area contributed by atoms with Crippen LogP contribution in [-0.4, -0.2) is 49.2 Å². The van der Waals surface area contributed by atoms with Crippen LogP contribution >= 0.6 is 23.1 Å². The highest BCUT2D eigenvalue weighted by atomic mass is 32.2. The van der Waals surface area contributed by atoms with E-state index in [9.17, 15) is 4.79 Å². The molecule has 0 spiro atoms. The predicted molar refractivity (Wildman–Crippen MR) is 87.2 cm³/mol. The molecule has 2 rings (SSSR count). The van der Waals surface area contributed by atoms with Crippen LogP contribution in [0.1, 0.15) is 10.4 Å². The molecule has 0 aliphatic rings. The van der Waals surface area contributed by atoms with Crippen LogP contribution in [-0.2, 0) is 0 Å². The van der Waals surface area contributed by atoms with Gasteiger partial charge in [-0.25, -0.2) is 0 Å². The van der Waals surface area contributed by atoms with Crippen molar-refractivity contribution < 1.29 is 4.79 Å². The van der Waals surface area contributed by atoms with Crippen LogP contribution in [0.3, 0.4) is 0 Å². The van der Waals surface area contributed by atoms with Crippen LogP contribution in [0, 0.1) is 0 Å². The number of carbonyl (C=O) groups excluding carboxylic acids is 1. The minimum atomic E-state index is -0.0603. The van der Waals surface area contributed by atoms with E-state index in [1.807, 2.05) is 19.0 Å². The van der Waals surface area contributed by atoms with Gasteiger partial charge in [0.25, 0.3) is 5.91 Å². The maximum Gasteiger partial charge on any atom is 0.254 e. The van der Waals surface area contributed by atoms with Gasteiger partial charge in [0.15, 0.2) is 4.34 Å². The van der Waals surface area contributed by atoms with Crippen molar-refractivity contribution in [1.82, 2.24) is 15.1 Å². The SMILES string of the molecule is CN(C)C(=O)c1ccc(N)cc1Sc1nnc(N(C)C)s1. The second-order valence-electron chi connectivity index (χ2n) is 4.80. The summed E-state index contributed by atoms with van der Waals surface area (Å²) in [5, 5.41) is 9.04. The smallest absolute Gasteiger partial charge is 0.254 e. The van der Waals surface area contributed by atoms with Crippen molar-refractivity contribution >= 4 is 39.8 Å². The molecule has 8 heteroatoms. The molecule has 0 fully saturated rings. The fraction of sp³-hybridized carbons (Fsp3) is 0.308. The number of nitrogens with two attached hydrogens (primary N) is 1. The Bertz CT molecular complexity index is 654. The topological polar surface area (TPSA) is 75.3 Å². The first-order valence-electron chi connectivity index (χ1n) is 6.18. The van der Waals surface area contributed by atoms with Crippen LogP contribution in [0.2, 0.25) is 0 Å². The Morgan fingerprint density at radius 2 is 1.95 bits per heavy atom. The second-order valence-corrected chi connectivity index (χ2v) is 7.05. The van der Waals surface area contributed by atoms with E-state index in [4.69, 9.17) is 5.73 Å². The lowest BCUT2D eigenvalue weighted by atomic mass is 10.2. The first kappa shape index (κ1) is 15.6. The van der Waals surface area contributed by atoms with Gasteiger partial charge in [-0.1, -0.05) is 23.1 Å². The van der Waals surface area contributed by atoms with Crippen molar-refractivity contribution in [2.75, 3.05) is 38.8 Å². The summed E-state index contributed by atoms with van der Waals surface area (Å²) in [5.74, 6) is -0.0603. The van der Waals surface area contributed by atoms with E-state index in [2.05, 4.69) is 10.2 Å². The molecular formula is C13H17N5OS2.